The Morgan fingerprint density at radius 3 is 2.61 bits per heavy atom. The summed E-state index contributed by atoms with van der Waals surface area (Å²) in [7, 11) is 0. The minimum atomic E-state index is -0.600. The lowest BCUT2D eigenvalue weighted by atomic mass is 10.0. The van der Waals surface area contributed by atoms with Crippen LogP contribution in [0.15, 0.2) is 54.0 Å². The first-order chi connectivity index (χ1) is 14.9. The molecule has 3 heterocycles. The zero-order valence-electron chi connectivity index (χ0n) is 15.4. The number of rotatable bonds is 4. The lowest BCUT2D eigenvalue weighted by Gasteiger charge is -2.09. The van der Waals surface area contributed by atoms with Crippen molar-refractivity contribution in [3.63, 3.8) is 0 Å². The third kappa shape index (κ3) is 3.27. The number of ketones is 1. The summed E-state index contributed by atoms with van der Waals surface area (Å²) in [6, 6.07) is 10.5. The van der Waals surface area contributed by atoms with Gasteiger partial charge in [0.15, 0.2) is 15.9 Å². The summed E-state index contributed by atoms with van der Waals surface area (Å²) in [5, 5.41) is 24.2. The van der Waals surface area contributed by atoms with Gasteiger partial charge in [0.1, 0.15) is 5.82 Å². The first-order valence-corrected chi connectivity index (χ1v) is 10.9. The third-order valence-corrected chi connectivity index (χ3v) is 6.63. The van der Waals surface area contributed by atoms with Gasteiger partial charge in [0.2, 0.25) is 11.7 Å². The van der Waals surface area contributed by atoms with Crippen molar-refractivity contribution >= 4 is 50.3 Å². The highest BCUT2D eigenvalue weighted by molar-refractivity contribution is 7.20. The minimum Gasteiger partial charge on any atom is -0.503 e. The van der Waals surface area contributed by atoms with E-state index in [4.69, 9.17) is 11.6 Å². The van der Waals surface area contributed by atoms with Crippen LogP contribution >= 0.6 is 34.3 Å². The summed E-state index contributed by atoms with van der Waals surface area (Å²) in [6.45, 7) is 0. The number of halogens is 2. The molecule has 0 unspecified atom stereocenters. The first kappa shape index (κ1) is 19.7. The lowest BCUT2D eigenvalue weighted by molar-refractivity contribution is 0.103. The molecule has 31 heavy (non-hydrogen) atoms. The molecular formula is C21H11ClFN3O3S2. The Morgan fingerprint density at radius 1 is 1.13 bits per heavy atom. The fraction of sp³-hybridized carbons (Fsp3) is 0. The van der Waals surface area contributed by atoms with Gasteiger partial charge in [0.05, 0.1) is 21.5 Å². The molecule has 0 fully saturated rings. The van der Waals surface area contributed by atoms with Crippen molar-refractivity contribution in [2.75, 3.05) is 0 Å². The van der Waals surface area contributed by atoms with Gasteiger partial charge in [-0.05, 0) is 48.0 Å². The molecule has 0 bridgehead atoms. The van der Waals surface area contributed by atoms with Crippen LogP contribution in [0.4, 0.5) is 4.39 Å². The Morgan fingerprint density at radius 2 is 1.90 bits per heavy atom. The highest BCUT2D eigenvalue weighted by atomic mass is 35.5. The molecule has 2 aromatic carbocycles. The molecular weight excluding hydrogens is 461 g/mol. The third-order valence-electron chi connectivity index (χ3n) is 4.62. The van der Waals surface area contributed by atoms with E-state index in [0.29, 0.717) is 21.2 Å². The van der Waals surface area contributed by atoms with E-state index in [2.05, 4.69) is 9.97 Å². The van der Waals surface area contributed by atoms with Crippen molar-refractivity contribution < 1.29 is 19.4 Å². The summed E-state index contributed by atoms with van der Waals surface area (Å²) in [4.78, 5) is 21.7. The largest absolute Gasteiger partial charge is 0.503 e. The van der Waals surface area contributed by atoms with Crippen LogP contribution in [0.3, 0.4) is 0 Å². The maximum absolute atomic E-state index is 13.6. The number of fused-ring (bicyclic) bond motifs is 1. The van der Waals surface area contributed by atoms with Gasteiger partial charge in [0, 0.05) is 16.6 Å². The summed E-state index contributed by atoms with van der Waals surface area (Å²) in [5.74, 6) is -2.18. The maximum atomic E-state index is 13.6. The number of aromatic hydroxyl groups is 2. The van der Waals surface area contributed by atoms with Crippen molar-refractivity contribution in [1.82, 2.24) is 14.5 Å². The van der Waals surface area contributed by atoms with E-state index in [-0.39, 0.29) is 16.3 Å². The molecule has 154 valence electrons. The Balaban J connectivity index is 1.82. The number of hydrogen-bond donors (Lipinski definition) is 2. The Hall–Kier alpha value is -3.27. The molecule has 0 saturated heterocycles. The van der Waals surface area contributed by atoms with Crippen molar-refractivity contribution in [1.29, 1.82) is 0 Å². The lowest BCUT2D eigenvalue weighted by Crippen LogP contribution is -2.04. The number of carbonyl (C=O) groups is 1. The second-order valence-electron chi connectivity index (χ2n) is 6.51. The van der Waals surface area contributed by atoms with E-state index in [1.54, 1.807) is 23.6 Å². The zero-order chi connectivity index (χ0) is 21.7. The molecule has 5 aromatic rings. The van der Waals surface area contributed by atoms with Crippen LogP contribution in [-0.4, -0.2) is 30.5 Å². The van der Waals surface area contributed by atoms with Gasteiger partial charge in [-0.1, -0.05) is 22.9 Å². The van der Waals surface area contributed by atoms with Crippen molar-refractivity contribution in [3.8, 4) is 28.0 Å². The maximum Gasteiger partial charge on any atom is 0.242 e. The molecule has 0 spiro atoms. The van der Waals surface area contributed by atoms with Gasteiger partial charge < -0.3 is 10.2 Å². The Bertz CT molecular complexity index is 1440. The van der Waals surface area contributed by atoms with E-state index >= 15 is 0 Å². The van der Waals surface area contributed by atoms with Crippen molar-refractivity contribution in [2.24, 2.45) is 0 Å². The number of carbonyl (C=O) groups excluding carboxylic acids is 1. The highest BCUT2D eigenvalue weighted by Gasteiger charge is 2.32. The van der Waals surface area contributed by atoms with Crippen LogP contribution in [0.5, 0.6) is 11.6 Å². The molecule has 3 aromatic heterocycles. The molecule has 0 amide bonds. The molecule has 0 aliphatic heterocycles. The van der Waals surface area contributed by atoms with Crippen LogP contribution in [-0.2, 0) is 0 Å². The van der Waals surface area contributed by atoms with Crippen LogP contribution in [0, 0.1) is 5.82 Å². The number of hydrogen-bond acceptors (Lipinski definition) is 7. The smallest absolute Gasteiger partial charge is 0.242 e. The van der Waals surface area contributed by atoms with Crippen LogP contribution in [0.1, 0.15) is 15.4 Å². The normalized spacial score (nSPS) is 11.3. The molecule has 2 N–H and O–H groups in total. The molecule has 5 rings (SSSR count). The number of aromatic nitrogens is 3. The Labute approximate surface area is 187 Å². The fourth-order valence-electron chi connectivity index (χ4n) is 3.25. The van der Waals surface area contributed by atoms with Crippen molar-refractivity contribution in [2.45, 2.75) is 0 Å². The Kier molecular flexibility index (Phi) is 4.73. The standard InChI is InChI=1S/C21H11ClFN3O3S2/c22-11-3-6-13-14(9-11)31-21(25-13)26-16(10-1-4-12(23)5-2-10)15(18(28)20(26)29)17(27)19-24-7-8-30-19/h1-9,28-29H. The summed E-state index contributed by atoms with van der Waals surface area (Å²) in [6.07, 6.45) is 1.47. The fourth-order valence-corrected chi connectivity index (χ4v) is 5.09. The molecule has 0 aliphatic carbocycles. The van der Waals surface area contributed by atoms with E-state index in [9.17, 15) is 19.4 Å². The molecule has 0 aliphatic rings. The van der Waals surface area contributed by atoms with E-state index < -0.39 is 23.2 Å². The molecule has 0 saturated carbocycles. The van der Waals surface area contributed by atoms with Gasteiger partial charge in [-0.15, -0.1) is 11.3 Å². The summed E-state index contributed by atoms with van der Waals surface area (Å²) >= 11 is 8.40. The van der Waals surface area contributed by atoms with Gasteiger partial charge >= 0.3 is 0 Å². The van der Waals surface area contributed by atoms with Gasteiger partial charge in [0.25, 0.3) is 0 Å². The van der Waals surface area contributed by atoms with E-state index in [0.717, 1.165) is 16.0 Å². The molecule has 6 nitrogen and oxygen atoms in total. The highest BCUT2D eigenvalue weighted by Crippen LogP contribution is 2.45. The van der Waals surface area contributed by atoms with Gasteiger partial charge in [-0.3, -0.25) is 9.36 Å². The van der Waals surface area contributed by atoms with Crippen LogP contribution in [0.2, 0.25) is 5.02 Å². The number of thiazole rings is 2. The van der Waals surface area contributed by atoms with E-state index in [1.165, 1.54) is 46.4 Å². The second-order valence-corrected chi connectivity index (χ2v) is 8.85. The van der Waals surface area contributed by atoms with E-state index in [1.807, 2.05) is 0 Å². The van der Waals surface area contributed by atoms with Gasteiger partial charge in [-0.2, -0.15) is 0 Å². The SMILES string of the molecule is O=C(c1nccs1)c1c(O)c(O)n(-c2nc3ccc(Cl)cc3s2)c1-c1ccc(F)cc1. The predicted molar refractivity (Wildman–Crippen MR) is 118 cm³/mol. The number of benzene rings is 2. The summed E-state index contributed by atoms with van der Waals surface area (Å²) in [5.41, 5.74) is 1.08. The number of nitrogens with zero attached hydrogens (tertiary/aromatic N) is 3. The molecule has 0 radical (unpaired) electrons. The topological polar surface area (TPSA) is 88.2 Å². The first-order valence-electron chi connectivity index (χ1n) is 8.87. The minimum absolute atomic E-state index is 0.142. The van der Waals surface area contributed by atoms with Crippen molar-refractivity contribution in [3.05, 3.63) is 75.5 Å². The monoisotopic (exact) mass is 471 g/mol. The summed E-state index contributed by atoms with van der Waals surface area (Å²) < 4.78 is 15.6. The molecule has 10 heteroatoms. The zero-order valence-corrected chi connectivity index (χ0v) is 17.8. The quantitative estimate of drug-likeness (QED) is 0.331. The average molecular weight is 472 g/mol. The average Bonchev–Trinajstić information content (AvgIpc) is 3.47. The van der Waals surface area contributed by atoms with Crippen LogP contribution < -0.4 is 0 Å². The predicted octanol–water partition coefficient (Wildman–Crippen LogP) is 5.65. The van der Waals surface area contributed by atoms with Gasteiger partial charge in [-0.25, -0.2) is 14.4 Å². The van der Waals surface area contributed by atoms with Crippen LogP contribution in [0.25, 0.3) is 26.6 Å². The second kappa shape index (κ2) is 7.45. The molecule has 0 atom stereocenters.